The molecule has 40 heavy (non-hydrogen) atoms. The summed E-state index contributed by atoms with van der Waals surface area (Å²) in [6, 6.07) is 2.72. The molecule has 0 heterocycles. The Morgan fingerprint density at radius 2 is 1.48 bits per heavy atom. The Kier molecular flexibility index (Phi) is 10.6. The first kappa shape index (κ1) is 33.7. The quantitative estimate of drug-likeness (QED) is 0.177. The van der Waals surface area contributed by atoms with Crippen molar-refractivity contribution in [2.24, 2.45) is 5.92 Å². The minimum atomic E-state index is -5.30. The third-order valence-corrected chi connectivity index (χ3v) is 6.53. The monoisotopic (exact) mass is 645 g/mol. The van der Waals surface area contributed by atoms with Crippen molar-refractivity contribution in [3.63, 3.8) is 0 Å². The molecule has 1 amide bonds. The summed E-state index contributed by atoms with van der Waals surface area (Å²) in [5.74, 6) is -8.51. The van der Waals surface area contributed by atoms with E-state index in [4.69, 9.17) is 34.8 Å². The van der Waals surface area contributed by atoms with E-state index in [9.17, 15) is 53.5 Å². The van der Waals surface area contributed by atoms with Gasteiger partial charge in [0.1, 0.15) is 18.3 Å². The van der Waals surface area contributed by atoms with Crippen LogP contribution >= 0.6 is 34.8 Å². The van der Waals surface area contributed by atoms with E-state index in [2.05, 4.69) is 0 Å². The molecule has 0 fully saturated rings. The van der Waals surface area contributed by atoms with Gasteiger partial charge in [-0.2, -0.15) is 39.5 Å². The van der Waals surface area contributed by atoms with E-state index in [1.807, 2.05) is 0 Å². The zero-order valence-electron chi connectivity index (χ0n) is 19.8. The van der Waals surface area contributed by atoms with E-state index in [1.54, 1.807) is 0 Å². The minimum absolute atomic E-state index is 0.0139. The summed E-state index contributed by atoms with van der Waals surface area (Å²) in [4.78, 5) is 24.3. The molecule has 2 aromatic carbocycles. The molecule has 0 aliphatic carbocycles. The van der Waals surface area contributed by atoms with Gasteiger partial charge < -0.3 is 5.32 Å². The predicted molar refractivity (Wildman–Crippen MR) is 128 cm³/mol. The second-order valence-corrected chi connectivity index (χ2v) is 9.64. The average molecular weight is 647 g/mol. The number of hydrogen-bond acceptors (Lipinski definition) is 2. The Balaban J connectivity index is 2.45. The lowest BCUT2D eigenvalue weighted by Crippen LogP contribution is -2.37. The molecule has 0 aliphatic heterocycles. The number of allylic oxidation sites excluding steroid dienone is 1. The van der Waals surface area contributed by atoms with Crippen molar-refractivity contribution >= 4 is 52.3 Å². The van der Waals surface area contributed by atoms with Crippen LogP contribution in [0.2, 0.25) is 15.1 Å². The van der Waals surface area contributed by atoms with Crippen LogP contribution in [0.3, 0.4) is 0 Å². The van der Waals surface area contributed by atoms with E-state index in [1.165, 1.54) is 5.32 Å². The standard InChI is InChI=1S/C24H16Cl3F10NO2/c1-10(21(40)38-9-22(29,30)31)4-19(39)13-3-2-11(5-15(13)24(35,36)37)18(28)8-14(23(32,33)34)12-6-16(25)20(27)17(26)7-12/h2-3,5-8,10,14H,4,9H2,1H3,(H,38,40)/b18-8-/t10-,14?/m0/s1. The summed E-state index contributed by atoms with van der Waals surface area (Å²) < 4.78 is 134. The highest BCUT2D eigenvalue weighted by Gasteiger charge is 2.41. The Morgan fingerprint density at radius 1 is 0.925 bits per heavy atom. The number of hydrogen-bond donors (Lipinski definition) is 1. The number of carbonyl (C=O) groups is 2. The summed E-state index contributed by atoms with van der Waals surface area (Å²) in [6.07, 6.45) is -16.2. The number of amides is 1. The minimum Gasteiger partial charge on any atom is -0.347 e. The summed E-state index contributed by atoms with van der Waals surface area (Å²) >= 11 is 17.2. The third kappa shape index (κ3) is 9.00. The Hall–Kier alpha value is -2.51. The lowest BCUT2D eigenvalue weighted by atomic mass is 9.92. The molecular weight excluding hydrogens is 631 g/mol. The zero-order chi connectivity index (χ0) is 30.8. The molecule has 3 nitrogen and oxygen atoms in total. The second-order valence-electron chi connectivity index (χ2n) is 8.45. The van der Waals surface area contributed by atoms with Crippen LogP contribution in [-0.4, -0.2) is 30.6 Å². The fourth-order valence-corrected chi connectivity index (χ4v) is 4.00. The van der Waals surface area contributed by atoms with Crippen molar-refractivity contribution in [1.29, 1.82) is 0 Å². The molecule has 0 saturated carbocycles. The number of halogens is 13. The molecule has 0 aliphatic rings. The topological polar surface area (TPSA) is 46.2 Å². The Labute approximate surface area is 235 Å². The molecule has 1 unspecified atom stereocenters. The van der Waals surface area contributed by atoms with Crippen molar-refractivity contribution in [1.82, 2.24) is 5.32 Å². The number of benzene rings is 2. The summed E-state index contributed by atoms with van der Waals surface area (Å²) in [7, 11) is 0. The molecule has 2 aromatic rings. The smallest absolute Gasteiger partial charge is 0.347 e. The van der Waals surface area contributed by atoms with E-state index < -0.39 is 93.1 Å². The average Bonchev–Trinajstić information content (AvgIpc) is 2.81. The fraction of sp³-hybridized carbons (Fsp3) is 0.333. The van der Waals surface area contributed by atoms with Crippen molar-refractivity contribution in [3.05, 3.63) is 73.7 Å². The van der Waals surface area contributed by atoms with Gasteiger partial charge in [-0.3, -0.25) is 9.59 Å². The molecule has 1 N–H and O–H groups in total. The van der Waals surface area contributed by atoms with Crippen molar-refractivity contribution in [2.45, 2.75) is 37.8 Å². The highest BCUT2D eigenvalue weighted by atomic mass is 35.5. The van der Waals surface area contributed by atoms with Gasteiger partial charge in [0.15, 0.2) is 5.78 Å². The zero-order valence-corrected chi connectivity index (χ0v) is 22.0. The molecule has 0 spiro atoms. The van der Waals surface area contributed by atoms with Crippen molar-refractivity contribution in [2.75, 3.05) is 6.54 Å². The van der Waals surface area contributed by atoms with Crippen LogP contribution < -0.4 is 5.32 Å². The first-order valence-electron chi connectivity index (χ1n) is 10.8. The maximum absolute atomic E-state index is 15.0. The van der Waals surface area contributed by atoms with Gasteiger partial charge in [-0.1, -0.05) is 53.9 Å². The molecule has 16 heteroatoms. The van der Waals surface area contributed by atoms with Gasteiger partial charge in [-0.25, -0.2) is 4.39 Å². The number of nitrogens with one attached hydrogen (secondary N) is 1. The SMILES string of the molecule is C[C@@H](CC(=O)c1ccc(/C(F)=C/C(c2cc(Cl)c(Cl)c(Cl)c2)C(F)(F)F)cc1C(F)(F)F)C(=O)NCC(F)(F)F. The third-order valence-electron chi connectivity index (χ3n) is 5.33. The molecular formula is C24H16Cl3F10NO2. The van der Waals surface area contributed by atoms with E-state index in [-0.39, 0.29) is 17.2 Å². The highest BCUT2D eigenvalue weighted by Crippen LogP contribution is 2.43. The van der Waals surface area contributed by atoms with E-state index in [0.717, 1.165) is 19.1 Å². The Morgan fingerprint density at radius 3 is 1.95 bits per heavy atom. The van der Waals surface area contributed by atoms with Gasteiger partial charge in [0.2, 0.25) is 5.91 Å². The van der Waals surface area contributed by atoms with Gasteiger partial charge in [0.25, 0.3) is 0 Å². The molecule has 0 radical (unpaired) electrons. The maximum atomic E-state index is 15.0. The van der Waals surface area contributed by atoms with E-state index >= 15 is 0 Å². The lowest BCUT2D eigenvalue weighted by molar-refractivity contribution is -0.140. The molecule has 2 rings (SSSR count). The van der Waals surface area contributed by atoms with Crippen LogP contribution in [0.4, 0.5) is 43.9 Å². The lowest BCUT2D eigenvalue weighted by Gasteiger charge is -2.19. The predicted octanol–water partition coefficient (Wildman–Crippen LogP) is 9.21. The number of carbonyl (C=O) groups excluding carboxylic acids is 2. The fourth-order valence-electron chi connectivity index (χ4n) is 3.39. The van der Waals surface area contributed by atoms with E-state index in [0.29, 0.717) is 12.1 Å². The number of ketones is 1. The van der Waals surface area contributed by atoms with Gasteiger partial charge in [0.05, 0.1) is 20.6 Å². The van der Waals surface area contributed by atoms with Gasteiger partial charge in [-0.05, 0) is 29.8 Å². The van der Waals surface area contributed by atoms with Gasteiger partial charge in [0, 0.05) is 23.5 Å². The largest absolute Gasteiger partial charge is 0.417 e. The van der Waals surface area contributed by atoms with Gasteiger partial charge >= 0.3 is 18.5 Å². The Bertz CT molecular complexity index is 1280. The van der Waals surface area contributed by atoms with Crippen LogP contribution in [-0.2, 0) is 11.0 Å². The molecule has 0 aromatic heterocycles. The summed E-state index contributed by atoms with van der Waals surface area (Å²) in [5.41, 5.74) is -4.44. The molecule has 0 saturated heterocycles. The summed E-state index contributed by atoms with van der Waals surface area (Å²) in [6.45, 7) is -0.730. The normalized spacial score (nSPS) is 14.6. The van der Waals surface area contributed by atoms with Gasteiger partial charge in [-0.15, -0.1) is 0 Å². The first-order chi connectivity index (χ1) is 18.1. The first-order valence-corrected chi connectivity index (χ1v) is 11.9. The van der Waals surface area contributed by atoms with Crippen LogP contribution in [0.1, 0.15) is 46.3 Å². The van der Waals surface area contributed by atoms with Crippen molar-refractivity contribution in [3.8, 4) is 0 Å². The van der Waals surface area contributed by atoms with Crippen molar-refractivity contribution < 1.29 is 53.5 Å². The number of rotatable bonds is 8. The molecule has 220 valence electrons. The summed E-state index contributed by atoms with van der Waals surface area (Å²) in [5, 5.41) is 0.427. The number of Topliss-reactive ketones (excluding diaryl/α,β-unsaturated/α-hetero) is 1. The maximum Gasteiger partial charge on any atom is 0.417 e. The highest BCUT2D eigenvalue weighted by molar-refractivity contribution is 6.48. The van der Waals surface area contributed by atoms with Crippen LogP contribution in [0, 0.1) is 5.92 Å². The number of alkyl halides is 9. The van der Waals surface area contributed by atoms with Crippen LogP contribution in [0.25, 0.3) is 5.83 Å². The van der Waals surface area contributed by atoms with Crippen LogP contribution in [0.5, 0.6) is 0 Å². The second kappa shape index (κ2) is 12.6. The molecule has 0 bridgehead atoms. The van der Waals surface area contributed by atoms with Crippen LogP contribution in [0.15, 0.2) is 36.4 Å². The molecule has 2 atom stereocenters.